The zero-order chi connectivity index (χ0) is 37.5. The second-order valence-corrected chi connectivity index (χ2v) is 17.1. The zero-order valence-corrected chi connectivity index (χ0v) is 31.5. The highest BCUT2D eigenvalue weighted by molar-refractivity contribution is 7.92. The number of halogens is 1. The first-order valence-corrected chi connectivity index (χ1v) is 20.1. The van der Waals surface area contributed by atoms with Gasteiger partial charge in [0.2, 0.25) is 10.0 Å². The Kier molecular flexibility index (Phi) is 10.0. The lowest BCUT2D eigenvalue weighted by Gasteiger charge is -2.27. The molecule has 10 nitrogen and oxygen atoms in total. The summed E-state index contributed by atoms with van der Waals surface area (Å²) in [6.45, 7) is 6.00. The van der Waals surface area contributed by atoms with E-state index in [4.69, 9.17) is 4.42 Å². The van der Waals surface area contributed by atoms with Crippen LogP contribution in [-0.2, 0) is 33.9 Å². The van der Waals surface area contributed by atoms with Gasteiger partial charge in [-0.25, -0.2) is 17.0 Å². The van der Waals surface area contributed by atoms with E-state index in [1.54, 1.807) is 40.9 Å². The van der Waals surface area contributed by atoms with Crippen LogP contribution < -0.4 is 19.2 Å². The summed E-state index contributed by atoms with van der Waals surface area (Å²) in [6, 6.07) is 21.8. The van der Waals surface area contributed by atoms with Gasteiger partial charge in [-0.3, -0.25) is 18.2 Å². The van der Waals surface area contributed by atoms with Crippen molar-refractivity contribution >= 4 is 55.2 Å². The summed E-state index contributed by atoms with van der Waals surface area (Å²) in [5.74, 6) is -1.10. The summed E-state index contributed by atoms with van der Waals surface area (Å²) in [5.41, 5.74) is 4.24. The number of hydrogen-bond acceptors (Lipinski definition) is 6. The molecule has 0 saturated heterocycles. The van der Waals surface area contributed by atoms with Crippen LogP contribution in [0.25, 0.3) is 33.4 Å². The number of anilines is 2. The highest BCUT2D eigenvalue weighted by Gasteiger charge is 2.28. The molecule has 2 aliphatic heterocycles. The van der Waals surface area contributed by atoms with Crippen molar-refractivity contribution in [2.24, 2.45) is 0 Å². The first-order chi connectivity index (χ1) is 24.5. The van der Waals surface area contributed by atoms with E-state index in [1.165, 1.54) is 35.6 Å². The second-order valence-electron chi connectivity index (χ2n) is 13.9. The average Bonchev–Trinajstić information content (AvgIpc) is 3.45. The predicted molar refractivity (Wildman–Crippen MR) is 205 cm³/mol. The van der Waals surface area contributed by atoms with Crippen molar-refractivity contribution in [3.8, 4) is 22.5 Å². The first kappa shape index (κ1) is 36.8. The third-order valence-electron chi connectivity index (χ3n) is 8.84. The van der Waals surface area contributed by atoms with Crippen molar-refractivity contribution in [3.05, 3.63) is 107 Å². The number of carbonyl (C=O) groups excluding carboxylic acids is 2. The number of sulfonamides is 1. The van der Waals surface area contributed by atoms with Crippen LogP contribution in [0, 0.1) is 5.82 Å². The lowest BCUT2D eigenvalue weighted by molar-refractivity contribution is 0.0918. The molecule has 0 spiro atoms. The molecular weight excluding hydrogens is 704 g/mol. The van der Waals surface area contributed by atoms with E-state index in [2.05, 4.69) is 10.6 Å². The molecule has 1 unspecified atom stereocenters. The third-order valence-corrected chi connectivity index (χ3v) is 11.0. The highest BCUT2D eigenvalue weighted by atomic mass is 32.2. The maximum Gasteiger partial charge on any atom is 0.255 e. The number of amides is 2. The molecule has 4 aromatic carbocycles. The molecule has 2 aliphatic rings. The van der Waals surface area contributed by atoms with Crippen molar-refractivity contribution in [1.82, 2.24) is 10.6 Å². The molecule has 1 atom stereocenters. The van der Waals surface area contributed by atoms with Crippen LogP contribution in [-0.4, -0.2) is 62.6 Å². The Morgan fingerprint density at radius 1 is 0.865 bits per heavy atom. The minimum Gasteiger partial charge on any atom is -0.455 e. The number of furan rings is 1. The van der Waals surface area contributed by atoms with Gasteiger partial charge in [-0.2, -0.15) is 0 Å². The van der Waals surface area contributed by atoms with E-state index >= 15 is 0 Å². The lowest BCUT2D eigenvalue weighted by Crippen LogP contribution is -2.40. The minimum atomic E-state index is -3.84. The van der Waals surface area contributed by atoms with Crippen LogP contribution in [0.1, 0.15) is 52.6 Å². The number of fused-ring (bicyclic) bond motifs is 7. The standard InChI is InChI=1S/C39H41FN4O6S2/c1-39(2,3)42-37(45)28-19-27-20-30(21-28)44(52(6,48)49)18-16-25-9-7-24(8-10-25)15-17-43(51(5)47)33-23-34-32(22-31(27)33)35(38(46)41-4)36(50-34)26-11-13-29(40)14-12-26/h7-14,19-23H,15-18H2,1-6H3,(H,41,46)(H,42,45). The molecule has 4 bridgehead atoms. The summed E-state index contributed by atoms with van der Waals surface area (Å²) < 4.78 is 63.8. The summed E-state index contributed by atoms with van der Waals surface area (Å²) >= 11 is 0. The van der Waals surface area contributed by atoms with Gasteiger partial charge in [0.25, 0.3) is 11.8 Å². The van der Waals surface area contributed by atoms with Gasteiger partial charge in [0.15, 0.2) is 0 Å². The van der Waals surface area contributed by atoms with E-state index in [0.717, 1.165) is 17.4 Å². The Labute approximate surface area is 305 Å². The Bertz CT molecular complexity index is 2310. The van der Waals surface area contributed by atoms with Gasteiger partial charge in [-0.15, -0.1) is 0 Å². The van der Waals surface area contributed by atoms with Crippen LogP contribution in [0.4, 0.5) is 15.8 Å². The van der Waals surface area contributed by atoms with Gasteiger partial charge in [0, 0.05) is 60.1 Å². The molecule has 0 saturated carbocycles. The number of benzene rings is 4. The molecule has 7 rings (SSSR count). The number of nitrogens with zero attached hydrogens (tertiary/aromatic N) is 2. The van der Waals surface area contributed by atoms with Gasteiger partial charge in [-0.1, -0.05) is 24.3 Å². The monoisotopic (exact) mass is 744 g/mol. The summed E-state index contributed by atoms with van der Waals surface area (Å²) in [6.07, 6.45) is 3.65. The number of rotatable bonds is 5. The van der Waals surface area contributed by atoms with Crippen LogP contribution in [0.5, 0.6) is 0 Å². The van der Waals surface area contributed by atoms with Crippen molar-refractivity contribution in [1.29, 1.82) is 0 Å². The van der Waals surface area contributed by atoms with Crippen LogP contribution in [0.2, 0.25) is 0 Å². The molecule has 5 aromatic rings. The Morgan fingerprint density at radius 3 is 2.08 bits per heavy atom. The third kappa shape index (κ3) is 7.75. The van der Waals surface area contributed by atoms with E-state index < -0.39 is 44.2 Å². The highest BCUT2D eigenvalue weighted by Crippen LogP contribution is 2.43. The summed E-state index contributed by atoms with van der Waals surface area (Å²) in [5, 5.41) is 6.07. The Balaban J connectivity index is 1.71. The molecule has 272 valence electrons. The van der Waals surface area contributed by atoms with Gasteiger partial charge in [-0.05, 0) is 98.8 Å². The molecule has 0 aliphatic carbocycles. The van der Waals surface area contributed by atoms with Gasteiger partial charge in [0.1, 0.15) is 28.1 Å². The van der Waals surface area contributed by atoms with Crippen molar-refractivity contribution in [2.45, 2.75) is 39.2 Å². The lowest BCUT2D eigenvalue weighted by atomic mass is 9.96. The molecule has 3 heterocycles. The Hall–Kier alpha value is -5.01. The fourth-order valence-corrected chi connectivity index (χ4v) is 8.07. The molecule has 52 heavy (non-hydrogen) atoms. The maximum atomic E-state index is 13.9. The predicted octanol–water partition coefficient (Wildman–Crippen LogP) is 6.46. The van der Waals surface area contributed by atoms with E-state index in [9.17, 15) is 26.6 Å². The van der Waals surface area contributed by atoms with Crippen LogP contribution in [0.15, 0.2) is 83.3 Å². The fourth-order valence-electron chi connectivity index (χ4n) is 6.39. The first-order valence-electron chi connectivity index (χ1n) is 16.8. The molecule has 0 fully saturated rings. The molecule has 13 heteroatoms. The topological polar surface area (TPSA) is 129 Å². The van der Waals surface area contributed by atoms with E-state index in [0.29, 0.717) is 52.7 Å². The molecule has 0 radical (unpaired) electrons. The largest absolute Gasteiger partial charge is 0.455 e. The zero-order valence-electron chi connectivity index (χ0n) is 29.9. The van der Waals surface area contributed by atoms with Crippen molar-refractivity contribution in [3.63, 3.8) is 0 Å². The van der Waals surface area contributed by atoms with E-state index in [-0.39, 0.29) is 29.1 Å². The normalized spacial score (nSPS) is 14.4. The molecule has 2 amide bonds. The smallest absolute Gasteiger partial charge is 0.255 e. The van der Waals surface area contributed by atoms with Crippen LogP contribution in [0.3, 0.4) is 0 Å². The average molecular weight is 745 g/mol. The van der Waals surface area contributed by atoms with Crippen molar-refractivity contribution in [2.75, 3.05) is 41.3 Å². The Morgan fingerprint density at radius 2 is 1.50 bits per heavy atom. The van der Waals surface area contributed by atoms with Crippen LogP contribution >= 0.6 is 0 Å². The number of carbonyl (C=O) groups is 2. The summed E-state index contributed by atoms with van der Waals surface area (Å²) in [4.78, 5) is 27.3. The minimum absolute atomic E-state index is 0.114. The molecular formula is C39H41FN4O6S2. The van der Waals surface area contributed by atoms with Gasteiger partial charge >= 0.3 is 0 Å². The number of hydrogen-bond donors (Lipinski definition) is 2. The van der Waals surface area contributed by atoms with Crippen molar-refractivity contribution < 1.29 is 31.0 Å². The van der Waals surface area contributed by atoms with Gasteiger partial charge < -0.3 is 15.1 Å². The number of nitrogens with one attached hydrogen (secondary N) is 2. The van der Waals surface area contributed by atoms with Gasteiger partial charge in [0.05, 0.1) is 23.2 Å². The quantitative estimate of drug-likeness (QED) is 0.213. The molecule has 1 aromatic heterocycles. The second kappa shape index (κ2) is 14.2. The van der Waals surface area contributed by atoms with E-state index in [1.807, 2.05) is 45.0 Å². The SMILES string of the molecule is CNC(=O)c1c(-c2ccc(F)cc2)oc2cc3c(cc12)-c1cc(C(=O)NC(C)(C)C)cc(c1)N(S(C)(=O)=O)CCc1ccc(cc1)CCN3S(C)=O. The fraction of sp³-hybridized carbons (Fsp3) is 0.282. The summed E-state index contributed by atoms with van der Waals surface area (Å²) in [7, 11) is -3.91. The molecule has 2 N–H and O–H groups in total. The maximum absolute atomic E-state index is 13.9.